The van der Waals surface area contributed by atoms with Crippen molar-refractivity contribution < 1.29 is 19.1 Å². The van der Waals surface area contributed by atoms with Crippen LogP contribution in [-0.4, -0.2) is 31.1 Å². The molecule has 2 rings (SSSR count). The molecule has 0 bridgehead atoms. The fraction of sp³-hybridized carbons (Fsp3) is 0.333. The van der Waals surface area contributed by atoms with Crippen LogP contribution in [0.3, 0.4) is 0 Å². The number of amides is 2. The number of nitrogens with zero attached hydrogens (tertiary/aromatic N) is 1. The zero-order chi connectivity index (χ0) is 19.8. The van der Waals surface area contributed by atoms with E-state index in [-0.39, 0.29) is 24.5 Å². The maximum Gasteiger partial charge on any atom is 0.244 e. The molecule has 0 saturated heterocycles. The number of rotatable bonds is 8. The fourth-order valence-electron chi connectivity index (χ4n) is 2.58. The SMILES string of the molecule is CCOc1ccccc1NC(=O)CN(C(C)=O)c1ccccc1OC(C)C. The summed E-state index contributed by atoms with van der Waals surface area (Å²) in [4.78, 5) is 26.2. The lowest BCUT2D eigenvalue weighted by atomic mass is 10.2. The van der Waals surface area contributed by atoms with Gasteiger partial charge in [-0.25, -0.2) is 0 Å². The summed E-state index contributed by atoms with van der Waals surface area (Å²) in [7, 11) is 0. The number of para-hydroxylation sites is 4. The van der Waals surface area contributed by atoms with E-state index in [4.69, 9.17) is 9.47 Å². The number of nitrogens with one attached hydrogen (secondary N) is 1. The van der Waals surface area contributed by atoms with Crippen LogP contribution >= 0.6 is 0 Å². The third kappa shape index (κ3) is 5.74. The summed E-state index contributed by atoms with van der Waals surface area (Å²) in [5.74, 6) is 0.580. The van der Waals surface area contributed by atoms with E-state index < -0.39 is 0 Å². The van der Waals surface area contributed by atoms with Crippen LogP contribution in [0.5, 0.6) is 11.5 Å². The number of benzene rings is 2. The monoisotopic (exact) mass is 370 g/mol. The Morgan fingerprint density at radius 1 is 1.04 bits per heavy atom. The first-order valence-corrected chi connectivity index (χ1v) is 8.97. The number of carbonyl (C=O) groups is 2. The van der Waals surface area contributed by atoms with Gasteiger partial charge in [-0.1, -0.05) is 24.3 Å². The quantitative estimate of drug-likeness (QED) is 0.766. The molecule has 6 heteroatoms. The number of carbonyl (C=O) groups excluding carboxylic acids is 2. The van der Waals surface area contributed by atoms with Crippen LogP contribution in [0.2, 0.25) is 0 Å². The fourth-order valence-corrected chi connectivity index (χ4v) is 2.58. The van der Waals surface area contributed by atoms with Crippen molar-refractivity contribution >= 4 is 23.2 Å². The molecule has 0 aromatic heterocycles. The highest BCUT2D eigenvalue weighted by Gasteiger charge is 2.20. The van der Waals surface area contributed by atoms with Gasteiger partial charge < -0.3 is 14.8 Å². The summed E-state index contributed by atoms with van der Waals surface area (Å²) < 4.78 is 11.3. The zero-order valence-corrected chi connectivity index (χ0v) is 16.2. The predicted octanol–water partition coefficient (Wildman–Crippen LogP) is 3.86. The zero-order valence-electron chi connectivity index (χ0n) is 16.2. The van der Waals surface area contributed by atoms with Gasteiger partial charge in [-0.2, -0.15) is 0 Å². The molecule has 144 valence electrons. The molecule has 6 nitrogen and oxygen atoms in total. The van der Waals surface area contributed by atoms with Crippen molar-refractivity contribution in [1.29, 1.82) is 0 Å². The first-order chi connectivity index (χ1) is 12.9. The molecule has 1 N–H and O–H groups in total. The minimum Gasteiger partial charge on any atom is -0.492 e. The average molecular weight is 370 g/mol. The predicted molar refractivity (Wildman–Crippen MR) is 106 cm³/mol. The van der Waals surface area contributed by atoms with Gasteiger partial charge in [-0.15, -0.1) is 0 Å². The summed E-state index contributed by atoms with van der Waals surface area (Å²) >= 11 is 0. The molecule has 2 aromatic carbocycles. The first-order valence-electron chi connectivity index (χ1n) is 8.97. The molecular formula is C21H26N2O4. The van der Waals surface area contributed by atoms with Crippen molar-refractivity contribution in [3.05, 3.63) is 48.5 Å². The number of anilines is 2. The molecule has 0 aliphatic carbocycles. The molecule has 0 aliphatic rings. The van der Waals surface area contributed by atoms with Crippen LogP contribution in [0.4, 0.5) is 11.4 Å². The van der Waals surface area contributed by atoms with Gasteiger partial charge in [0.2, 0.25) is 11.8 Å². The van der Waals surface area contributed by atoms with E-state index in [1.54, 1.807) is 30.3 Å². The lowest BCUT2D eigenvalue weighted by molar-refractivity contribution is -0.120. The molecule has 0 saturated carbocycles. The topological polar surface area (TPSA) is 67.9 Å². The Kier molecular flexibility index (Phi) is 7.23. The summed E-state index contributed by atoms with van der Waals surface area (Å²) in [5, 5.41) is 2.81. The third-order valence-electron chi connectivity index (χ3n) is 3.66. The van der Waals surface area contributed by atoms with Crippen LogP contribution in [0.15, 0.2) is 48.5 Å². The highest BCUT2D eigenvalue weighted by molar-refractivity contribution is 6.03. The maximum atomic E-state index is 12.6. The molecular weight excluding hydrogens is 344 g/mol. The third-order valence-corrected chi connectivity index (χ3v) is 3.66. The van der Waals surface area contributed by atoms with E-state index >= 15 is 0 Å². The van der Waals surface area contributed by atoms with E-state index in [0.717, 1.165) is 0 Å². The Hall–Kier alpha value is -3.02. The van der Waals surface area contributed by atoms with Gasteiger partial charge in [0, 0.05) is 6.92 Å². The van der Waals surface area contributed by atoms with Crippen molar-refractivity contribution in [2.75, 3.05) is 23.4 Å². The standard InChI is InChI=1S/C21H26N2O4/c1-5-26-19-12-8-6-10-17(19)22-21(25)14-23(16(4)24)18-11-7-9-13-20(18)27-15(2)3/h6-13,15H,5,14H2,1-4H3,(H,22,25). The van der Waals surface area contributed by atoms with Gasteiger partial charge in [0.25, 0.3) is 0 Å². The van der Waals surface area contributed by atoms with Crippen molar-refractivity contribution in [1.82, 2.24) is 0 Å². The van der Waals surface area contributed by atoms with Crippen molar-refractivity contribution in [3.8, 4) is 11.5 Å². The molecule has 2 aromatic rings. The normalized spacial score (nSPS) is 10.4. The van der Waals surface area contributed by atoms with Crippen LogP contribution in [0, 0.1) is 0 Å². The van der Waals surface area contributed by atoms with E-state index in [9.17, 15) is 9.59 Å². The second-order valence-electron chi connectivity index (χ2n) is 6.22. The first kappa shape index (κ1) is 20.3. The molecule has 2 amide bonds. The summed E-state index contributed by atoms with van der Waals surface area (Å²) in [5.41, 5.74) is 1.13. The molecule has 0 aliphatic heterocycles. The Morgan fingerprint density at radius 2 is 1.67 bits per heavy atom. The van der Waals surface area contributed by atoms with Crippen LogP contribution in [0.1, 0.15) is 27.7 Å². The van der Waals surface area contributed by atoms with E-state index in [0.29, 0.717) is 29.5 Å². The number of hydrogen-bond acceptors (Lipinski definition) is 4. The molecule has 0 atom stereocenters. The highest BCUT2D eigenvalue weighted by Crippen LogP contribution is 2.29. The second kappa shape index (κ2) is 9.62. The molecule has 0 unspecified atom stereocenters. The summed E-state index contributed by atoms with van der Waals surface area (Å²) in [6.45, 7) is 7.48. The van der Waals surface area contributed by atoms with Gasteiger partial charge in [-0.05, 0) is 45.0 Å². The maximum absolute atomic E-state index is 12.6. The Labute approximate surface area is 160 Å². The average Bonchev–Trinajstić information content (AvgIpc) is 2.61. The minimum atomic E-state index is -0.322. The lowest BCUT2D eigenvalue weighted by Gasteiger charge is -2.24. The molecule has 27 heavy (non-hydrogen) atoms. The van der Waals surface area contributed by atoms with Gasteiger partial charge in [0.1, 0.15) is 18.0 Å². The largest absolute Gasteiger partial charge is 0.492 e. The van der Waals surface area contributed by atoms with Crippen LogP contribution in [-0.2, 0) is 9.59 Å². The lowest BCUT2D eigenvalue weighted by Crippen LogP contribution is -2.37. The van der Waals surface area contributed by atoms with E-state index in [2.05, 4.69) is 5.32 Å². The second-order valence-corrected chi connectivity index (χ2v) is 6.22. The number of ether oxygens (including phenoxy) is 2. The molecule has 0 radical (unpaired) electrons. The van der Waals surface area contributed by atoms with E-state index in [1.807, 2.05) is 39.0 Å². The summed E-state index contributed by atoms with van der Waals surface area (Å²) in [6.07, 6.45) is -0.0492. The van der Waals surface area contributed by atoms with Crippen LogP contribution < -0.4 is 19.7 Å². The van der Waals surface area contributed by atoms with Crippen molar-refractivity contribution in [3.63, 3.8) is 0 Å². The summed E-state index contributed by atoms with van der Waals surface area (Å²) in [6, 6.07) is 14.4. The van der Waals surface area contributed by atoms with E-state index in [1.165, 1.54) is 11.8 Å². The minimum absolute atomic E-state index is 0.0492. The molecule has 0 heterocycles. The van der Waals surface area contributed by atoms with Gasteiger partial charge in [-0.3, -0.25) is 14.5 Å². The molecule has 0 fully saturated rings. The smallest absolute Gasteiger partial charge is 0.244 e. The van der Waals surface area contributed by atoms with Gasteiger partial charge in [0.05, 0.1) is 24.1 Å². The molecule has 0 spiro atoms. The Bertz CT molecular complexity index is 789. The Morgan fingerprint density at radius 3 is 2.30 bits per heavy atom. The van der Waals surface area contributed by atoms with Crippen molar-refractivity contribution in [2.24, 2.45) is 0 Å². The Balaban J connectivity index is 2.20. The van der Waals surface area contributed by atoms with Crippen LogP contribution in [0.25, 0.3) is 0 Å². The van der Waals surface area contributed by atoms with Gasteiger partial charge >= 0.3 is 0 Å². The van der Waals surface area contributed by atoms with Gasteiger partial charge in [0.15, 0.2) is 0 Å². The number of hydrogen-bond donors (Lipinski definition) is 1. The van der Waals surface area contributed by atoms with Crippen molar-refractivity contribution in [2.45, 2.75) is 33.8 Å². The highest BCUT2D eigenvalue weighted by atomic mass is 16.5.